The van der Waals surface area contributed by atoms with Crippen molar-refractivity contribution in [2.45, 2.75) is 27.2 Å². The molecule has 0 aromatic rings. The molecule has 0 aliphatic rings. The lowest BCUT2D eigenvalue weighted by molar-refractivity contribution is 0.382. The molecule has 0 N–H and O–H groups in total. The highest BCUT2D eigenvalue weighted by Crippen LogP contribution is 2.00. The third-order valence-corrected chi connectivity index (χ3v) is 1.63. The molecule has 0 aliphatic carbocycles. The van der Waals surface area contributed by atoms with Crippen molar-refractivity contribution in [1.82, 2.24) is 4.90 Å². The second kappa shape index (κ2) is 6.08. The van der Waals surface area contributed by atoms with Crippen LogP contribution in [0.4, 0.5) is 0 Å². The minimum Gasteiger partial charge on any atom is -0.309 e. The van der Waals surface area contributed by atoms with Gasteiger partial charge in [0, 0.05) is 11.8 Å². The van der Waals surface area contributed by atoms with E-state index in [4.69, 9.17) is 0 Å². The summed E-state index contributed by atoms with van der Waals surface area (Å²) in [6.45, 7) is 7.59. The smallest absolute Gasteiger partial charge is 0.0186 e. The van der Waals surface area contributed by atoms with E-state index in [9.17, 15) is 0 Å². The fraction of sp³-hybridized carbons (Fsp3) is 0.818. The lowest BCUT2D eigenvalue weighted by atomic mass is 10.1. The summed E-state index contributed by atoms with van der Waals surface area (Å²) >= 11 is 0. The molecule has 1 atom stereocenters. The SMILES string of the molecule is CC(C)C#CC(C)CCN(C)C. The van der Waals surface area contributed by atoms with Crippen LogP contribution < -0.4 is 0 Å². The highest BCUT2D eigenvalue weighted by Gasteiger charge is 1.97. The molecule has 1 unspecified atom stereocenters. The Kier molecular flexibility index (Phi) is 5.84. The highest BCUT2D eigenvalue weighted by molar-refractivity contribution is 5.04. The van der Waals surface area contributed by atoms with E-state index in [-0.39, 0.29) is 0 Å². The first-order valence-electron chi connectivity index (χ1n) is 4.68. The molecular formula is C11H21N. The summed E-state index contributed by atoms with van der Waals surface area (Å²) in [4.78, 5) is 2.20. The van der Waals surface area contributed by atoms with Gasteiger partial charge >= 0.3 is 0 Å². The van der Waals surface area contributed by atoms with Crippen molar-refractivity contribution in [2.24, 2.45) is 11.8 Å². The van der Waals surface area contributed by atoms with Gasteiger partial charge in [-0.05, 0) is 27.1 Å². The van der Waals surface area contributed by atoms with Gasteiger partial charge in [0.15, 0.2) is 0 Å². The van der Waals surface area contributed by atoms with Gasteiger partial charge in [-0.3, -0.25) is 0 Å². The molecule has 0 aliphatic heterocycles. The molecule has 0 aromatic heterocycles. The zero-order valence-electron chi connectivity index (χ0n) is 9.02. The monoisotopic (exact) mass is 167 g/mol. The van der Waals surface area contributed by atoms with Crippen LogP contribution in [-0.4, -0.2) is 25.5 Å². The Morgan fingerprint density at radius 3 is 2.08 bits per heavy atom. The summed E-state index contributed by atoms with van der Waals surface area (Å²) in [5, 5.41) is 0. The second-order valence-electron chi connectivity index (χ2n) is 3.94. The molecule has 0 aromatic carbocycles. The van der Waals surface area contributed by atoms with Crippen LogP contribution >= 0.6 is 0 Å². The van der Waals surface area contributed by atoms with Crippen LogP contribution in [-0.2, 0) is 0 Å². The lowest BCUT2D eigenvalue weighted by Gasteiger charge is -2.10. The van der Waals surface area contributed by atoms with Crippen molar-refractivity contribution in [1.29, 1.82) is 0 Å². The van der Waals surface area contributed by atoms with E-state index in [1.807, 2.05) is 0 Å². The Morgan fingerprint density at radius 1 is 1.08 bits per heavy atom. The Morgan fingerprint density at radius 2 is 1.67 bits per heavy atom. The van der Waals surface area contributed by atoms with Crippen molar-refractivity contribution in [2.75, 3.05) is 20.6 Å². The summed E-state index contributed by atoms with van der Waals surface area (Å²) < 4.78 is 0. The molecular weight excluding hydrogens is 146 g/mol. The Labute approximate surface area is 77.1 Å². The van der Waals surface area contributed by atoms with E-state index in [0.29, 0.717) is 11.8 Å². The number of hydrogen-bond donors (Lipinski definition) is 0. The maximum absolute atomic E-state index is 3.26. The van der Waals surface area contributed by atoms with Crippen LogP contribution in [0.2, 0.25) is 0 Å². The van der Waals surface area contributed by atoms with Crippen LogP contribution in [0.5, 0.6) is 0 Å². The zero-order valence-corrected chi connectivity index (χ0v) is 9.02. The van der Waals surface area contributed by atoms with Gasteiger partial charge < -0.3 is 4.90 Å². The molecule has 1 nitrogen and oxygen atoms in total. The van der Waals surface area contributed by atoms with E-state index in [1.54, 1.807) is 0 Å². The maximum atomic E-state index is 3.26. The maximum Gasteiger partial charge on any atom is 0.0186 e. The quantitative estimate of drug-likeness (QED) is 0.583. The lowest BCUT2D eigenvalue weighted by Crippen LogP contribution is -2.15. The second-order valence-corrected chi connectivity index (χ2v) is 3.94. The number of hydrogen-bond acceptors (Lipinski definition) is 1. The summed E-state index contributed by atoms with van der Waals surface area (Å²) in [5.41, 5.74) is 0. The van der Waals surface area contributed by atoms with E-state index in [0.717, 1.165) is 6.54 Å². The number of rotatable bonds is 3. The molecule has 0 fully saturated rings. The van der Waals surface area contributed by atoms with Crippen LogP contribution in [0, 0.1) is 23.7 Å². The number of nitrogens with zero attached hydrogens (tertiary/aromatic N) is 1. The van der Waals surface area contributed by atoms with Gasteiger partial charge in [0.05, 0.1) is 0 Å². The fourth-order valence-electron chi connectivity index (χ4n) is 0.833. The van der Waals surface area contributed by atoms with Crippen LogP contribution in [0.3, 0.4) is 0 Å². The minimum atomic E-state index is 0.506. The normalized spacial score (nSPS) is 12.9. The Bertz CT molecular complexity index is 160. The van der Waals surface area contributed by atoms with Crippen molar-refractivity contribution >= 4 is 0 Å². The van der Waals surface area contributed by atoms with Gasteiger partial charge in [-0.2, -0.15) is 0 Å². The average molecular weight is 167 g/mol. The van der Waals surface area contributed by atoms with Crippen molar-refractivity contribution in [3.8, 4) is 11.8 Å². The van der Waals surface area contributed by atoms with Crippen molar-refractivity contribution in [3.63, 3.8) is 0 Å². The van der Waals surface area contributed by atoms with Crippen LogP contribution in [0.25, 0.3) is 0 Å². The molecule has 12 heavy (non-hydrogen) atoms. The molecule has 0 rings (SSSR count). The topological polar surface area (TPSA) is 3.24 Å². The van der Waals surface area contributed by atoms with Gasteiger partial charge in [-0.15, -0.1) is 5.92 Å². The van der Waals surface area contributed by atoms with Gasteiger partial charge in [0.2, 0.25) is 0 Å². The molecule has 0 amide bonds. The third kappa shape index (κ3) is 7.63. The van der Waals surface area contributed by atoms with Crippen LogP contribution in [0.1, 0.15) is 27.2 Å². The highest BCUT2D eigenvalue weighted by atomic mass is 15.0. The van der Waals surface area contributed by atoms with E-state index in [2.05, 4.69) is 51.6 Å². The summed E-state index contributed by atoms with van der Waals surface area (Å²) in [6.07, 6.45) is 1.17. The first-order chi connectivity index (χ1) is 5.52. The predicted octanol–water partition coefficient (Wildman–Crippen LogP) is 2.23. The molecule has 0 saturated carbocycles. The summed E-state index contributed by atoms with van der Waals surface area (Å²) in [5.74, 6) is 7.50. The molecule has 0 heterocycles. The van der Waals surface area contributed by atoms with Gasteiger partial charge in [-0.25, -0.2) is 0 Å². The predicted molar refractivity (Wildman–Crippen MR) is 54.9 cm³/mol. The van der Waals surface area contributed by atoms with Gasteiger partial charge in [0.1, 0.15) is 0 Å². The van der Waals surface area contributed by atoms with Gasteiger partial charge in [-0.1, -0.05) is 26.7 Å². The molecule has 0 bridgehead atoms. The summed E-state index contributed by atoms with van der Waals surface area (Å²) in [6, 6.07) is 0. The molecule has 0 saturated heterocycles. The first kappa shape index (κ1) is 11.5. The first-order valence-corrected chi connectivity index (χ1v) is 4.68. The average Bonchev–Trinajstić information content (AvgIpc) is 1.96. The van der Waals surface area contributed by atoms with Crippen molar-refractivity contribution in [3.05, 3.63) is 0 Å². The van der Waals surface area contributed by atoms with Crippen LogP contribution in [0.15, 0.2) is 0 Å². The largest absolute Gasteiger partial charge is 0.309 e. The Hall–Kier alpha value is -0.480. The minimum absolute atomic E-state index is 0.506. The van der Waals surface area contributed by atoms with E-state index < -0.39 is 0 Å². The van der Waals surface area contributed by atoms with Crippen molar-refractivity contribution < 1.29 is 0 Å². The summed E-state index contributed by atoms with van der Waals surface area (Å²) in [7, 11) is 4.20. The molecule has 70 valence electrons. The Balaban J connectivity index is 3.61. The standard InChI is InChI=1S/C11H21N/c1-10(2)6-7-11(3)8-9-12(4)5/h10-11H,8-9H2,1-5H3. The van der Waals surface area contributed by atoms with E-state index >= 15 is 0 Å². The molecule has 0 radical (unpaired) electrons. The zero-order chi connectivity index (χ0) is 9.56. The van der Waals surface area contributed by atoms with Gasteiger partial charge in [0.25, 0.3) is 0 Å². The fourth-order valence-corrected chi connectivity index (χ4v) is 0.833. The van der Waals surface area contributed by atoms with E-state index in [1.165, 1.54) is 6.42 Å². The molecule has 1 heteroatoms. The molecule has 0 spiro atoms. The third-order valence-electron chi connectivity index (χ3n) is 1.63.